The molecule has 0 radical (unpaired) electrons. The van der Waals surface area contributed by atoms with Gasteiger partial charge in [0, 0.05) is 12.6 Å². The van der Waals surface area contributed by atoms with Gasteiger partial charge in [0.05, 0.1) is 17.6 Å². The van der Waals surface area contributed by atoms with Gasteiger partial charge in [-0.3, -0.25) is 14.8 Å². The van der Waals surface area contributed by atoms with Crippen molar-refractivity contribution in [3.05, 3.63) is 22.5 Å². The number of aromatic nitrogens is 2. The van der Waals surface area contributed by atoms with Gasteiger partial charge in [-0.15, -0.1) is 0 Å². The molecule has 1 heterocycles. The van der Waals surface area contributed by atoms with E-state index in [2.05, 4.69) is 17.3 Å². The Hall–Kier alpha value is -1.47. The van der Waals surface area contributed by atoms with Gasteiger partial charge < -0.3 is 10.4 Å². The van der Waals surface area contributed by atoms with E-state index < -0.39 is 11.0 Å². The number of aliphatic hydroxyl groups excluding tert-OH is 1. The molecular formula is C13H22N4O3. The highest BCUT2D eigenvalue weighted by Gasteiger charge is 2.21. The maximum Gasteiger partial charge on any atom is 0.306 e. The smallest absolute Gasteiger partial charge is 0.306 e. The first-order chi connectivity index (χ1) is 9.56. The van der Waals surface area contributed by atoms with Crippen molar-refractivity contribution in [3.63, 3.8) is 0 Å². The van der Waals surface area contributed by atoms with Gasteiger partial charge in [0.2, 0.25) is 0 Å². The minimum atomic E-state index is -0.599. The fourth-order valence-electron chi connectivity index (χ4n) is 2.77. The Kier molecular flexibility index (Phi) is 5.08. The quantitative estimate of drug-likeness (QED) is 0.581. The topological polar surface area (TPSA) is 93.2 Å². The molecule has 1 aliphatic rings. The summed E-state index contributed by atoms with van der Waals surface area (Å²) in [5.41, 5.74) is -0.0514. The zero-order chi connectivity index (χ0) is 14.5. The number of hydrogen-bond donors (Lipinski definition) is 2. The van der Waals surface area contributed by atoms with E-state index in [0.717, 1.165) is 0 Å². The number of hydrogen-bond acceptors (Lipinski definition) is 5. The average Bonchev–Trinajstić information content (AvgIpc) is 3.06. The van der Waals surface area contributed by atoms with Crippen LogP contribution >= 0.6 is 0 Å². The van der Waals surface area contributed by atoms with Crippen LogP contribution in [-0.4, -0.2) is 38.5 Å². The first-order valence-electron chi connectivity index (χ1n) is 7.14. The van der Waals surface area contributed by atoms with Crippen molar-refractivity contribution in [2.75, 3.05) is 6.54 Å². The summed E-state index contributed by atoms with van der Waals surface area (Å²) in [6.45, 7) is 2.89. The lowest BCUT2D eigenvalue weighted by molar-refractivity contribution is -0.385. The van der Waals surface area contributed by atoms with Gasteiger partial charge in [-0.05, 0) is 25.7 Å². The predicted molar refractivity (Wildman–Crippen MR) is 74.3 cm³/mol. The Bertz CT molecular complexity index is 443. The van der Waals surface area contributed by atoms with Crippen LogP contribution in [0.5, 0.6) is 0 Å². The van der Waals surface area contributed by atoms with E-state index in [-0.39, 0.29) is 12.2 Å². The van der Waals surface area contributed by atoms with E-state index in [4.69, 9.17) is 0 Å². The molecule has 0 spiro atoms. The molecule has 2 rings (SSSR count). The minimum absolute atomic E-state index is 0.0514. The number of nitro groups is 1. The van der Waals surface area contributed by atoms with Crippen molar-refractivity contribution in [2.45, 2.75) is 51.3 Å². The molecule has 7 nitrogen and oxygen atoms in total. The molecule has 2 N–H and O–H groups in total. The molecule has 0 amide bonds. The molecule has 1 aliphatic carbocycles. The highest BCUT2D eigenvalue weighted by atomic mass is 16.6. The summed E-state index contributed by atoms with van der Waals surface area (Å²) in [5, 5.41) is 27.7. The predicted octanol–water partition coefficient (Wildman–Crippen LogP) is 1.32. The molecule has 112 valence electrons. The van der Waals surface area contributed by atoms with Gasteiger partial charge in [0.1, 0.15) is 12.4 Å². The van der Waals surface area contributed by atoms with Gasteiger partial charge in [-0.25, -0.2) is 0 Å². The first-order valence-corrected chi connectivity index (χ1v) is 7.14. The second-order valence-electron chi connectivity index (χ2n) is 5.57. The van der Waals surface area contributed by atoms with Crippen LogP contribution in [0.1, 0.15) is 32.6 Å². The number of nitrogens with zero attached hydrogens (tertiary/aromatic N) is 3. The SMILES string of the molecule is CC(NCC(O)Cn1cc([N+](=O)[O-])cn1)C1CCCC1. The molecule has 2 atom stereocenters. The molecule has 2 unspecified atom stereocenters. The molecule has 1 aromatic heterocycles. The zero-order valence-corrected chi connectivity index (χ0v) is 11.7. The van der Waals surface area contributed by atoms with Crippen molar-refractivity contribution in [2.24, 2.45) is 5.92 Å². The summed E-state index contributed by atoms with van der Waals surface area (Å²) in [7, 11) is 0. The molecule has 20 heavy (non-hydrogen) atoms. The minimum Gasteiger partial charge on any atom is -0.390 e. The van der Waals surface area contributed by atoms with Crippen LogP contribution in [0.25, 0.3) is 0 Å². The highest BCUT2D eigenvalue weighted by molar-refractivity contribution is 5.20. The Labute approximate surface area is 118 Å². The summed E-state index contributed by atoms with van der Waals surface area (Å²) in [6.07, 6.45) is 7.06. The van der Waals surface area contributed by atoms with Crippen LogP contribution in [0.2, 0.25) is 0 Å². The molecule has 1 aromatic rings. The maximum atomic E-state index is 10.5. The fraction of sp³-hybridized carbons (Fsp3) is 0.769. The van der Waals surface area contributed by atoms with E-state index in [1.54, 1.807) is 0 Å². The van der Waals surface area contributed by atoms with E-state index in [9.17, 15) is 15.2 Å². The molecule has 0 saturated heterocycles. The molecular weight excluding hydrogens is 260 g/mol. The molecule has 1 saturated carbocycles. The third kappa shape index (κ3) is 4.01. The largest absolute Gasteiger partial charge is 0.390 e. The lowest BCUT2D eigenvalue weighted by atomic mass is 10.00. The number of rotatable bonds is 7. The first kappa shape index (κ1) is 14.9. The molecule has 7 heteroatoms. The second-order valence-corrected chi connectivity index (χ2v) is 5.57. The van der Waals surface area contributed by atoms with E-state index in [1.165, 1.54) is 42.8 Å². The second kappa shape index (κ2) is 6.81. The van der Waals surface area contributed by atoms with Gasteiger partial charge in [-0.1, -0.05) is 12.8 Å². The summed E-state index contributed by atoms with van der Waals surface area (Å²) < 4.78 is 1.41. The van der Waals surface area contributed by atoms with Crippen molar-refractivity contribution in [1.82, 2.24) is 15.1 Å². The molecule has 0 aliphatic heterocycles. The number of nitrogens with one attached hydrogen (secondary N) is 1. The van der Waals surface area contributed by atoms with Gasteiger partial charge in [-0.2, -0.15) is 5.10 Å². The van der Waals surface area contributed by atoms with Crippen LogP contribution in [-0.2, 0) is 6.54 Å². The maximum absolute atomic E-state index is 10.5. The molecule has 0 aromatic carbocycles. The fourth-order valence-corrected chi connectivity index (χ4v) is 2.77. The normalized spacial score (nSPS) is 19.1. The summed E-state index contributed by atoms with van der Waals surface area (Å²) in [5.74, 6) is 0.702. The lowest BCUT2D eigenvalue weighted by Crippen LogP contribution is -2.39. The molecule has 0 bridgehead atoms. The van der Waals surface area contributed by atoms with Crippen molar-refractivity contribution in [3.8, 4) is 0 Å². The van der Waals surface area contributed by atoms with Crippen LogP contribution in [0.4, 0.5) is 5.69 Å². The lowest BCUT2D eigenvalue weighted by Gasteiger charge is -2.22. The molecule has 1 fully saturated rings. The summed E-state index contributed by atoms with van der Waals surface area (Å²) >= 11 is 0. The Balaban J connectivity index is 1.73. The van der Waals surface area contributed by atoms with E-state index in [0.29, 0.717) is 18.5 Å². The highest BCUT2D eigenvalue weighted by Crippen LogP contribution is 2.27. The van der Waals surface area contributed by atoms with Crippen molar-refractivity contribution >= 4 is 5.69 Å². The van der Waals surface area contributed by atoms with Crippen molar-refractivity contribution in [1.29, 1.82) is 0 Å². The third-order valence-electron chi connectivity index (χ3n) is 4.01. The Morgan fingerprint density at radius 2 is 2.30 bits per heavy atom. The van der Waals surface area contributed by atoms with Crippen LogP contribution in [0.15, 0.2) is 12.4 Å². The summed E-state index contributed by atoms with van der Waals surface area (Å²) in [6, 6.07) is 0.402. The van der Waals surface area contributed by atoms with Gasteiger partial charge >= 0.3 is 5.69 Å². The number of aliphatic hydroxyl groups is 1. The van der Waals surface area contributed by atoms with E-state index >= 15 is 0 Å². The van der Waals surface area contributed by atoms with Gasteiger partial charge in [0.25, 0.3) is 0 Å². The van der Waals surface area contributed by atoms with E-state index in [1.807, 2.05) is 0 Å². The third-order valence-corrected chi connectivity index (χ3v) is 4.01. The summed E-state index contributed by atoms with van der Waals surface area (Å²) in [4.78, 5) is 10.0. The Morgan fingerprint density at radius 3 is 2.90 bits per heavy atom. The Morgan fingerprint density at radius 1 is 1.60 bits per heavy atom. The van der Waals surface area contributed by atoms with Crippen LogP contribution < -0.4 is 5.32 Å². The standard InChI is InChI=1S/C13H22N4O3/c1-10(11-4-2-3-5-11)14-7-13(18)9-16-8-12(6-15-16)17(19)20/h6,8,10-11,13-14,18H,2-5,7,9H2,1H3. The van der Waals surface area contributed by atoms with Gasteiger partial charge in [0.15, 0.2) is 0 Å². The van der Waals surface area contributed by atoms with Crippen LogP contribution in [0.3, 0.4) is 0 Å². The average molecular weight is 282 g/mol. The monoisotopic (exact) mass is 282 g/mol. The van der Waals surface area contributed by atoms with Crippen molar-refractivity contribution < 1.29 is 10.0 Å². The van der Waals surface area contributed by atoms with Crippen LogP contribution in [0, 0.1) is 16.0 Å². The zero-order valence-electron chi connectivity index (χ0n) is 11.7.